The lowest BCUT2D eigenvalue weighted by Crippen LogP contribution is -2.62. The molecule has 1 N–H and O–H groups in total. The Balaban J connectivity index is 1.50. The summed E-state index contributed by atoms with van der Waals surface area (Å²) in [5.74, 6) is 0.319. The zero-order valence-corrected chi connectivity index (χ0v) is 12.1. The van der Waals surface area contributed by atoms with Gasteiger partial charge in [-0.05, 0) is 6.92 Å². The fourth-order valence-corrected chi connectivity index (χ4v) is 3.24. The molecule has 104 valence electrons. The number of rotatable bonds is 3. The standard InChI is InChI=1S/C13H20N4OS/c1-13(8-14-9-13)12(18)17-4-2-16(3-5-17)6-11-7-19-10-15-11/h7,10,14H,2-6,8-9H2,1H3. The molecule has 1 aromatic heterocycles. The molecular weight excluding hydrogens is 260 g/mol. The molecule has 1 aromatic rings. The van der Waals surface area contributed by atoms with Gasteiger partial charge in [-0.3, -0.25) is 9.69 Å². The number of carbonyl (C=O) groups is 1. The third-order valence-electron chi connectivity index (χ3n) is 4.08. The number of nitrogens with one attached hydrogen (secondary N) is 1. The van der Waals surface area contributed by atoms with Crippen LogP contribution in [0.3, 0.4) is 0 Å². The zero-order chi connectivity index (χ0) is 13.3. The summed E-state index contributed by atoms with van der Waals surface area (Å²) in [4.78, 5) is 21.1. The summed E-state index contributed by atoms with van der Waals surface area (Å²) in [6.45, 7) is 8.21. The van der Waals surface area contributed by atoms with Gasteiger partial charge in [0.2, 0.25) is 5.91 Å². The van der Waals surface area contributed by atoms with Crippen LogP contribution in [-0.4, -0.2) is 60.0 Å². The van der Waals surface area contributed by atoms with Crippen LogP contribution >= 0.6 is 11.3 Å². The molecule has 0 unspecified atom stereocenters. The quantitative estimate of drug-likeness (QED) is 0.870. The monoisotopic (exact) mass is 280 g/mol. The Morgan fingerprint density at radius 1 is 1.42 bits per heavy atom. The smallest absolute Gasteiger partial charge is 0.231 e. The van der Waals surface area contributed by atoms with Crippen LogP contribution in [0.5, 0.6) is 0 Å². The highest BCUT2D eigenvalue weighted by molar-refractivity contribution is 7.07. The van der Waals surface area contributed by atoms with Gasteiger partial charge in [0.15, 0.2) is 0 Å². The molecule has 0 spiro atoms. The maximum absolute atomic E-state index is 12.4. The second-order valence-electron chi connectivity index (χ2n) is 5.71. The van der Waals surface area contributed by atoms with E-state index < -0.39 is 0 Å². The van der Waals surface area contributed by atoms with Crippen LogP contribution in [0, 0.1) is 5.41 Å². The summed E-state index contributed by atoms with van der Waals surface area (Å²) >= 11 is 1.64. The molecule has 2 fully saturated rings. The van der Waals surface area contributed by atoms with Crippen LogP contribution in [0.2, 0.25) is 0 Å². The first kappa shape index (κ1) is 13.0. The molecule has 1 amide bonds. The molecule has 3 rings (SSSR count). The first-order valence-electron chi connectivity index (χ1n) is 6.77. The van der Waals surface area contributed by atoms with E-state index in [1.807, 2.05) is 10.4 Å². The molecule has 2 aliphatic rings. The number of piperazine rings is 1. The molecule has 5 nitrogen and oxygen atoms in total. The van der Waals surface area contributed by atoms with Crippen molar-refractivity contribution in [2.75, 3.05) is 39.3 Å². The maximum Gasteiger partial charge on any atom is 0.231 e. The van der Waals surface area contributed by atoms with Gasteiger partial charge >= 0.3 is 0 Å². The largest absolute Gasteiger partial charge is 0.340 e. The molecule has 0 saturated carbocycles. The lowest BCUT2D eigenvalue weighted by atomic mass is 9.82. The molecule has 2 aliphatic heterocycles. The van der Waals surface area contributed by atoms with E-state index in [0.29, 0.717) is 5.91 Å². The van der Waals surface area contributed by atoms with Crippen molar-refractivity contribution in [1.82, 2.24) is 20.1 Å². The Hall–Kier alpha value is -0.980. The van der Waals surface area contributed by atoms with E-state index in [1.54, 1.807) is 11.3 Å². The summed E-state index contributed by atoms with van der Waals surface area (Å²) in [7, 11) is 0. The number of aromatic nitrogens is 1. The van der Waals surface area contributed by atoms with Gasteiger partial charge in [-0.25, -0.2) is 4.98 Å². The molecule has 0 atom stereocenters. The minimum atomic E-state index is -0.156. The van der Waals surface area contributed by atoms with Crippen LogP contribution in [0.25, 0.3) is 0 Å². The second kappa shape index (κ2) is 5.19. The molecule has 3 heterocycles. The van der Waals surface area contributed by atoms with E-state index in [9.17, 15) is 4.79 Å². The van der Waals surface area contributed by atoms with Crippen LogP contribution < -0.4 is 5.32 Å². The van der Waals surface area contributed by atoms with E-state index in [4.69, 9.17) is 0 Å². The van der Waals surface area contributed by atoms with E-state index >= 15 is 0 Å². The van der Waals surface area contributed by atoms with Crippen molar-refractivity contribution < 1.29 is 4.79 Å². The Morgan fingerprint density at radius 3 is 2.68 bits per heavy atom. The van der Waals surface area contributed by atoms with Crippen molar-refractivity contribution in [2.24, 2.45) is 5.41 Å². The zero-order valence-electron chi connectivity index (χ0n) is 11.3. The fraction of sp³-hybridized carbons (Fsp3) is 0.692. The average molecular weight is 280 g/mol. The number of nitrogens with zero attached hydrogens (tertiary/aromatic N) is 3. The lowest BCUT2D eigenvalue weighted by molar-refractivity contribution is -0.145. The Morgan fingerprint density at radius 2 is 2.16 bits per heavy atom. The minimum absolute atomic E-state index is 0.156. The fourth-order valence-electron chi connectivity index (χ4n) is 2.69. The predicted molar refractivity (Wildman–Crippen MR) is 74.9 cm³/mol. The summed E-state index contributed by atoms with van der Waals surface area (Å²) < 4.78 is 0. The van der Waals surface area contributed by atoms with Gasteiger partial charge < -0.3 is 10.2 Å². The summed E-state index contributed by atoms with van der Waals surface area (Å²) in [6.07, 6.45) is 0. The Kier molecular flexibility index (Phi) is 3.56. The highest BCUT2D eigenvalue weighted by atomic mass is 32.1. The van der Waals surface area contributed by atoms with Crippen LogP contribution in [0.1, 0.15) is 12.6 Å². The maximum atomic E-state index is 12.4. The summed E-state index contributed by atoms with van der Waals surface area (Å²) in [5.41, 5.74) is 2.86. The minimum Gasteiger partial charge on any atom is -0.340 e. The Bertz CT molecular complexity index is 436. The van der Waals surface area contributed by atoms with Gasteiger partial charge in [0.25, 0.3) is 0 Å². The number of thiazole rings is 1. The highest BCUT2D eigenvalue weighted by Crippen LogP contribution is 2.25. The van der Waals surface area contributed by atoms with Gasteiger partial charge in [0.1, 0.15) is 0 Å². The average Bonchev–Trinajstić information content (AvgIpc) is 2.89. The van der Waals surface area contributed by atoms with E-state index in [-0.39, 0.29) is 5.41 Å². The summed E-state index contributed by atoms with van der Waals surface area (Å²) in [6, 6.07) is 0. The van der Waals surface area contributed by atoms with E-state index in [1.165, 1.54) is 0 Å². The van der Waals surface area contributed by atoms with Gasteiger partial charge in [-0.2, -0.15) is 0 Å². The number of carbonyl (C=O) groups excluding carboxylic acids is 1. The lowest BCUT2D eigenvalue weighted by Gasteiger charge is -2.44. The van der Waals surface area contributed by atoms with Crippen molar-refractivity contribution in [3.8, 4) is 0 Å². The molecule has 0 aromatic carbocycles. The number of amides is 1. The molecule has 0 bridgehead atoms. The first-order chi connectivity index (χ1) is 9.17. The van der Waals surface area contributed by atoms with Crippen LogP contribution in [-0.2, 0) is 11.3 Å². The predicted octanol–water partition coefficient (Wildman–Crippen LogP) is 0.397. The SMILES string of the molecule is CC1(C(=O)N2CCN(Cc3cscn3)CC2)CNC1. The Labute approximate surface area is 117 Å². The highest BCUT2D eigenvalue weighted by Gasteiger charge is 2.42. The van der Waals surface area contributed by atoms with Crippen molar-refractivity contribution in [2.45, 2.75) is 13.5 Å². The third-order valence-corrected chi connectivity index (χ3v) is 4.71. The van der Waals surface area contributed by atoms with E-state index in [2.05, 4.69) is 27.5 Å². The molecular formula is C13H20N4OS. The summed E-state index contributed by atoms with van der Waals surface area (Å²) in [5, 5.41) is 5.29. The molecule has 0 radical (unpaired) electrons. The topological polar surface area (TPSA) is 48.5 Å². The third kappa shape index (κ3) is 2.66. The van der Waals surface area contributed by atoms with Crippen molar-refractivity contribution in [3.05, 3.63) is 16.6 Å². The van der Waals surface area contributed by atoms with Crippen LogP contribution in [0.15, 0.2) is 10.9 Å². The molecule has 6 heteroatoms. The van der Waals surface area contributed by atoms with Crippen molar-refractivity contribution >= 4 is 17.2 Å². The van der Waals surface area contributed by atoms with Gasteiger partial charge in [0.05, 0.1) is 16.6 Å². The van der Waals surface area contributed by atoms with Gasteiger partial charge in [-0.1, -0.05) is 0 Å². The molecule has 0 aliphatic carbocycles. The normalized spacial score (nSPS) is 23.1. The molecule has 2 saturated heterocycles. The van der Waals surface area contributed by atoms with Crippen molar-refractivity contribution in [1.29, 1.82) is 0 Å². The number of hydrogen-bond donors (Lipinski definition) is 1. The second-order valence-corrected chi connectivity index (χ2v) is 6.43. The number of hydrogen-bond acceptors (Lipinski definition) is 5. The first-order valence-corrected chi connectivity index (χ1v) is 7.71. The van der Waals surface area contributed by atoms with Crippen LogP contribution in [0.4, 0.5) is 0 Å². The van der Waals surface area contributed by atoms with E-state index in [0.717, 1.165) is 51.5 Å². The van der Waals surface area contributed by atoms with Gasteiger partial charge in [-0.15, -0.1) is 11.3 Å². The van der Waals surface area contributed by atoms with Gasteiger partial charge in [0, 0.05) is 51.2 Å². The molecule has 19 heavy (non-hydrogen) atoms. The van der Waals surface area contributed by atoms with Crippen molar-refractivity contribution in [3.63, 3.8) is 0 Å².